The molecule has 0 aliphatic rings. The van der Waals surface area contributed by atoms with Gasteiger partial charge in [0.25, 0.3) is 5.91 Å². The molecule has 0 aliphatic heterocycles. The first-order valence-electron chi connectivity index (χ1n) is 6.59. The lowest BCUT2D eigenvalue weighted by atomic mass is 10.2. The molecule has 0 aromatic carbocycles. The number of carbonyl (C=O) groups is 1. The Kier molecular flexibility index (Phi) is 6.74. The summed E-state index contributed by atoms with van der Waals surface area (Å²) in [6, 6.07) is 3.58. The van der Waals surface area contributed by atoms with Crippen molar-refractivity contribution in [2.45, 2.75) is 20.3 Å². The van der Waals surface area contributed by atoms with Crippen molar-refractivity contribution < 1.29 is 13.9 Å². The summed E-state index contributed by atoms with van der Waals surface area (Å²) in [5, 5.41) is 3.84. The fourth-order valence-corrected chi connectivity index (χ4v) is 1.54. The maximum atomic E-state index is 12.0. The molecule has 0 atom stereocenters. The smallest absolute Gasteiger partial charge is 0.275 e. The summed E-state index contributed by atoms with van der Waals surface area (Å²) in [4.78, 5) is 12.0. The average Bonchev–Trinajstić information content (AvgIpc) is 2.88. The van der Waals surface area contributed by atoms with Crippen molar-refractivity contribution in [2.75, 3.05) is 7.11 Å². The summed E-state index contributed by atoms with van der Waals surface area (Å²) >= 11 is 0. The number of ether oxygens (including phenoxy) is 1. The molecule has 0 aliphatic carbocycles. The molecule has 0 spiro atoms. The van der Waals surface area contributed by atoms with Crippen LogP contribution in [0.15, 0.2) is 57.8 Å². The first-order chi connectivity index (χ1) is 10.1. The molecule has 21 heavy (non-hydrogen) atoms. The molecule has 0 radical (unpaired) electrons. The van der Waals surface area contributed by atoms with E-state index in [2.05, 4.69) is 17.1 Å². The third-order valence-corrected chi connectivity index (χ3v) is 2.56. The molecule has 1 rings (SSSR count). The molecule has 5 nitrogen and oxygen atoms in total. The number of nitrogens with one attached hydrogen (secondary N) is 1. The fraction of sp³-hybridized carbons (Fsp3) is 0.250. The quantitative estimate of drug-likeness (QED) is 0.276. The van der Waals surface area contributed by atoms with Gasteiger partial charge in [-0.25, -0.2) is 5.43 Å². The zero-order chi connectivity index (χ0) is 15.7. The highest BCUT2D eigenvalue weighted by Gasteiger charge is 2.10. The van der Waals surface area contributed by atoms with Gasteiger partial charge in [-0.3, -0.25) is 4.79 Å². The summed E-state index contributed by atoms with van der Waals surface area (Å²) in [6.45, 7) is 7.45. The van der Waals surface area contributed by atoms with Crippen LogP contribution in [-0.4, -0.2) is 19.2 Å². The summed E-state index contributed by atoms with van der Waals surface area (Å²) in [5.41, 5.74) is 2.72. The molecule has 1 amide bonds. The maximum absolute atomic E-state index is 12.0. The molecule has 112 valence electrons. The van der Waals surface area contributed by atoms with Crippen LogP contribution in [-0.2, 0) is 9.53 Å². The number of hydrogen-bond donors (Lipinski definition) is 1. The Labute approximate surface area is 124 Å². The number of aryl methyl sites for hydroxylation is 1. The van der Waals surface area contributed by atoms with E-state index in [1.54, 1.807) is 12.1 Å². The van der Waals surface area contributed by atoms with Crippen molar-refractivity contribution in [2.24, 2.45) is 5.10 Å². The molecule has 1 heterocycles. The van der Waals surface area contributed by atoms with Gasteiger partial charge in [0.15, 0.2) is 0 Å². The normalized spacial score (nSPS) is 12.5. The van der Waals surface area contributed by atoms with E-state index in [0.717, 1.165) is 12.2 Å². The van der Waals surface area contributed by atoms with Gasteiger partial charge in [0, 0.05) is 0 Å². The monoisotopic (exact) mass is 288 g/mol. The fourth-order valence-electron chi connectivity index (χ4n) is 1.54. The topological polar surface area (TPSA) is 63.8 Å². The predicted octanol–water partition coefficient (Wildman–Crippen LogP) is 3.09. The van der Waals surface area contributed by atoms with Gasteiger partial charge in [-0.05, 0) is 31.6 Å². The molecule has 1 aromatic heterocycles. The Balaban J connectivity index is 2.79. The van der Waals surface area contributed by atoms with Gasteiger partial charge < -0.3 is 9.15 Å². The SMILES string of the molecule is C=C/C(C(=O)N/N=C/c1ccc(C)o1)=C(\C=C/CC)OC. The molecule has 5 heteroatoms. The minimum absolute atomic E-state index is 0.315. The van der Waals surface area contributed by atoms with E-state index in [1.807, 2.05) is 26.0 Å². The lowest BCUT2D eigenvalue weighted by molar-refractivity contribution is -0.117. The highest BCUT2D eigenvalue weighted by Crippen LogP contribution is 2.09. The van der Waals surface area contributed by atoms with E-state index in [-0.39, 0.29) is 0 Å². The minimum atomic E-state index is -0.401. The Morgan fingerprint density at radius 1 is 1.52 bits per heavy atom. The van der Waals surface area contributed by atoms with Gasteiger partial charge >= 0.3 is 0 Å². The lowest BCUT2D eigenvalue weighted by Crippen LogP contribution is -2.20. The number of rotatable bonds is 7. The molecule has 1 N–H and O–H groups in total. The lowest BCUT2D eigenvalue weighted by Gasteiger charge is -2.06. The number of amides is 1. The number of methoxy groups -OCH3 is 1. The number of furan rings is 1. The van der Waals surface area contributed by atoms with Crippen molar-refractivity contribution in [3.8, 4) is 0 Å². The Morgan fingerprint density at radius 3 is 2.81 bits per heavy atom. The second kappa shape index (κ2) is 8.58. The predicted molar refractivity (Wildman–Crippen MR) is 82.8 cm³/mol. The molecule has 1 aromatic rings. The summed E-state index contributed by atoms with van der Waals surface area (Å²) in [6.07, 6.45) is 7.33. The average molecular weight is 288 g/mol. The number of carbonyl (C=O) groups excluding carboxylic acids is 1. The van der Waals surface area contributed by atoms with Crippen molar-refractivity contribution in [3.05, 3.63) is 59.8 Å². The summed E-state index contributed by atoms with van der Waals surface area (Å²) in [7, 11) is 1.50. The van der Waals surface area contributed by atoms with Gasteiger partial charge in [-0.15, -0.1) is 0 Å². The van der Waals surface area contributed by atoms with Gasteiger partial charge in [0.1, 0.15) is 17.3 Å². The molecule has 0 fully saturated rings. The number of nitrogens with zero attached hydrogens (tertiary/aromatic N) is 1. The standard InChI is InChI=1S/C16H20N2O3/c1-5-7-8-15(20-4)14(6-2)16(19)18-17-11-13-10-9-12(3)21-13/h6-11H,2,5H2,1,3-4H3,(H,18,19)/b8-7-,15-14-,17-11+. The van der Waals surface area contributed by atoms with Crippen LogP contribution in [0.1, 0.15) is 24.9 Å². The molecular formula is C16H20N2O3. The number of hydrogen-bond acceptors (Lipinski definition) is 4. The molecule has 0 saturated heterocycles. The first kappa shape index (κ1) is 16.5. The number of allylic oxidation sites excluding steroid dienone is 2. The second-order valence-electron chi connectivity index (χ2n) is 4.14. The molecule has 0 unspecified atom stereocenters. The number of hydrazone groups is 1. The van der Waals surface area contributed by atoms with E-state index in [0.29, 0.717) is 17.1 Å². The minimum Gasteiger partial charge on any atom is -0.496 e. The zero-order valence-electron chi connectivity index (χ0n) is 12.6. The molecular weight excluding hydrogens is 268 g/mol. The highest BCUT2D eigenvalue weighted by molar-refractivity contribution is 5.97. The highest BCUT2D eigenvalue weighted by atomic mass is 16.5. The Morgan fingerprint density at radius 2 is 2.29 bits per heavy atom. The van der Waals surface area contributed by atoms with Gasteiger partial charge in [-0.2, -0.15) is 5.10 Å². The van der Waals surface area contributed by atoms with Crippen LogP contribution in [0.4, 0.5) is 0 Å². The third kappa shape index (κ3) is 5.14. The van der Waals surface area contributed by atoms with Gasteiger partial charge in [0.2, 0.25) is 0 Å². The maximum Gasteiger partial charge on any atom is 0.275 e. The van der Waals surface area contributed by atoms with Crippen molar-refractivity contribution in [3.63, 3.8) is 0 Å². The van der Waals surface area contributed by atoms with E-state index in [1.165, 1.54) is 19.4 Å². The second-order valence-corrected chi connectivity index (χ2v) is 4.14. The van der Waals surface area contributed by atoms with Crippen molar-refractivity contribution in [1.29, 1.82) is 0 Å². The largest absolute Gasteiger partial charge is 0.496 e. The van der Waals surface area contributed by atoms with Crippen LogP contribution in [0, 0.1) is 6.92 Å². The summed E-state index contributed by atoms with van der Waals surface area (Å²) in [5.74, 6) is 1.38. The van der Waals surface area contributed by atoms with Gasteiger partial charge in [0.05, 0.1) is 18.9 Å². The van der Waals surface area contributed by atoms with E-state index >= 15 is 0 Å². The molecule has 0 saturated carbocycles. The van der Waals surface area contributed by atoms with E-state index in [9.17, 15) is 4.79 Å². The Bertz CT molecular complexity index is 580. The van der Waals surface area contributed by atoms with Crippen molar-refractivity contribution >= 4 is 12.1 Å². The van der Waals surface area contributed by atoms with Gasteiger partial charge in [-0.1, -0.05) is 25.7 Å². The Hall–Kier alpha value is -2.56. The van der Waals surface area contributed by atoms with E-state index < -0.39 is 5.91 Å². The van der Waals surface area contributed by atoms with Crippen LogP contribution in [0.2, 0.25) is 0 Å². The van der Waals surface area contributed by atoms with Crippen LogP contribution < -0.4 is 5.43 Å². The zero-order valence-corrected chi connectivity index (χ0v) is 12.6. The van der Waals surface area contributed by atoms with Crippen molar-refractivity contribution in [1.82, 2.24) is 5.43 Å². The van der Waals surface area contributed by atoms with Crippen LogP contribution >= 0.6 is 0 Å². The third-order valence-electron chi connectivity index (χ3n) is 2.56. The van der Waals surface area contributed by atoms with Crippen LogP contribution in [0.3, 0.4) is 0 Å². The van der Waals surface area contributed by atoms with Crippen LogP contribution in [0.25, 0.3) is 0 Å². The first-order valence-corrected chi connectivity index (χ1v) is 6.59. The molecule has 0 bridgehead atoms. The summed E-state index contributed by atoms with van der Waals surface area (Å²) < 4.78 is 10.5. The van der Waals surface area contributed by atoms with E-state index in [4.69, 9.17) is 9.15 Å². The van der Waals surface area contributed by atoms with Crippen LogP contribution in [0.5, 0.6) is 0 Å².